The first-order chi connectivity index (χ1) is 9.78. The first kappa shape index (κ1) is 14.2. The molecule has 1 N–H and O–H groups in total. The molecule has 0 atom stereocenters. The van der Waals surface area contributed by atoms with Crippen molar-refractivity contribution in [3.8, 4) is 11.5 Å². The molecule has 20 heavy (non-hydrogen) atoms. The molecule has 1 aromatic heterocycles. The van der Waals surface area contributed by atoms with E-state index in [0.717, 1.165) is 37.0 Å². The van der Waals surface area contributed by atoms with Gasteiger partial charge in [-0.3, -0.25) is 0 Å². The number of aryl methyl sites for hydroxylation is 2. The number of imidazole rings is 1. The predicted octanol–water partition coefficient (Wildman–Crippen LogP) is 2.57. The zero-order valence-corrected chi connectivity index (χ0v) is 12.2. The number of nitrogens with one attached hydrogen (secondary N) is 1. The molecule has 5 heteroatoms. The van der Waals surface area contributed by atoms with Crippen LogP contribution in [0.25, 0.3) is 0 Å². The highest BCUT2D eigenvalue weighted by molar-refractivity contribution is 5.43. The lowest BCUT2D eigenvalue weighted by Gasteiger charge is -2.11. The first-order valence-electron chi connectivity index (χ1n) is 6.74. The van der Waals surface area contributed by atoms with Crippen molar-refractivity contribution in [3.63, 3.8) is 0 Å². The standard InChI is InChI=1S/C15H21N3O2/c1-4-16-15-17-8-10-18(15)9-7-12-5-6-13(19-2)14(11-12)20-3/h5-6,8,10-11H,4,7,9H2,1-3H3,(H,16,17). The van der Waals surface area contributed by atoms with E-state index in [9.17, 15) is 0 Å². The third-order valence-corrected chi connectivity index (χ3v) is 3.14. The Kier molecular flexibility index (Phi) is 4.87. The monoisotopic (exact) mass is 275 g/mol. The maximum Gasteiger partial charge on any atom is 0.202 e. The predicted molar refractivity (Wildman–Crippen MR) is 79.6 cm³/mol. The van der Waals surface area contributed by atoms with Gasteiger partial charge in [0.15, 0.2) is 11.5 Å². The Hall–Kier alpha value is -2.17. The molecule has 2 rings (SSSR count). The minimum absolute atomic E-state index is 0.757. The lowest BCUT2D eigenvalue weighted by molar-refractivity contribution is 0.354. The lowest BCUT2D eigenvalue weighted by Crippen LogP contribution is -2.08. The molecule has 5 nitrogen and oxygen atoms in total. The molecule has 0 aliphatic carbocycles. The van der Waals surface area contributed by atoms with Crippen LogP contribution in [0.2, 0.25) is 0 Å². The normalized spacial score (nSPS) is 10.3. The fraction of sp³-hybridized carbons (Fsp3) is 0.400. The van der Waals surface area contributed by atoms with Gasteiger partial charge in [0.1, 0.15) is 0 Å². The van der Waals surface area contributed by atoms with Crippen LogP contribution in [-0.4, -0.2) is 30.3 Å². The molecule has 0 saturated heterocycles. The van der Waals surface area contributed by atoms with Crippen LogP contribution in [0.5, 0.6) is 11.5 Å². The van der Waals surface area contributed by atoms with Gasteiger partial charge in [-0.05, 0) is 31.0 Å². The summed E-state index contributed by atoms with van der Waals surface area (Å²) in [5.74, 6) is 2.43. The van der Waals surface area contributed by atoms with Crippen LogP contribution in [0.1, 0.15) is 12.5 Å². The largest absolute Gasteiger partial charge is 0.493 e. The summed E-state index contributed by atoms with van der Waals surface area (Å²) in [6.45, 7) is 3.80. The molecule has 0 unspecified atom stereocenters. The summed E-state index contributed by atoms with van der Waals surface area (Å²) in [7, 11) is 3.30. The third kappa shape index (κ3) is 3.23. The van der Waals surface area contributed by atoms with Crippen molar-refractivity contribution in [3.05, 3.63) is 36.2 Å². The molecule has 1 heterocycles. The molecule has 2 aromatic rings. The molecule has 0 saturated carbocycles. The molecule has 0 bridgehead atoms. The molecule has 0 spiro atoms. The minimum Gasteiger partial charge on any atom is -0.493 e. The van der Waals surface area contributed by atoms with Gasteiger partial charge in [-0.1, -0.05) is 6.07 Å². The maximum absolute atomic E-state index is 5.32. The fourth-order valence-electron chi connectivity index (χ4n) is 2.10. The number of rotatable bonds is 7. The lowest BCUT2D eigenvalue weighted by atomic mass is 10.1. The molecule has 0 aliphatic rings. The Morgan fingerprint density at radius 3 is 2.70 bits per heavy atom. The van der Waals surface area contributed by atoms with Gasteiger partial charge in [-0.25, -0.2) is 4.98 Å². The molecule has 0 radical (unpaired) electrons. The van der Waals surface area contributed by atoms with E-state index in [-0.39, 0.29) is 0 Å². The average molecular weight is 275 g/mol. The summed E-state index contributed by atoms with van der Waals surface area (Å²) in [5.41, 5.74) is 1.21. The van der Waals surface area contributed by atoms with Crippen molar-refractivity contribution in [2.45, 2.75) is 19.9 Å². The van der Waals surface area contributed by atoms with Gasteiger partial charge in [0.2, 0.25) is 5.95 Å². The molecule has 0 fully saturated rings. The second kappa shape index (κ2) is 6.84. The van der Waals surface area contributed by atoms with E-state index in [1.807, 2.05) is 24.5 Å². The summed E-state index contributed by atoms with van der Waals surface area (Å²) < 4.78 is 12.7. The summed E-state index contributed by atoms with van der Waals surface area (Å²) in [6, 6.07) is 6.02. The number of methoxy groups -OCH3 is 2. The number of anilines is 1. The Morgan fingerprint density at radius 1 is 1.20 bits per heavy atom. The van der Waals surface area contributed by atoms with Crippen molar-refractivity contribution in [2.24, 2.45) is 0 Å². The highest BCUT2D eigenvalue weighted by Gasteiger charge is 2.06. The van der Waals surface area contributed by atoms with Gasteiger partial charge < -0.3 is 19.4 Å². The third-order valence-electron chi connectivity index (χ3n) is 3.14. The first-order valence-corrected chi connectivity index (χ1v) is 6.74. The van der Waals surface area contributed by atoms with Gasteiger partial charge in [0.05, 0.1) is 14.2 Å². The number of benzene rings is 1. The Balaban J connectivity index is 2.05. The molecule has 108 valence electrons. The molecular weight excluding hydrogens is 254 g/mol. The zero-order chi connectivity index (χ0) is 14.4. The van der Waals surface area contributed by atoms with Crippen molar-refractivity contribution in [1.82, 2.24) is 9.55 Å². The maximum atomic E-state index is 5.32. The van der Waals surface area contributed by atoms with Gasteiger partial charge >= 0.3 is 0 Å². The number of aromatic nitrogens is 2. The van der Waals surface area contributed by atoms with Crippen molar-refractivity contribution in [1.29, 1.82) is 0 Å². The van der Waals surface area contributed by atoms with E-state index in [4.69, 9.17) is 9.47 Å². The number of hydrogen-bond donors (Lipinski definition) is 1. The molecule has 0 aliphatic heterocycles. The summed E-state index contributed by atoms with van der Waals surface area (Å²) >= 11 is 0. The van der Waals surface area contributed by atoms with Gasteiger partial charge in [-0.15, -0.1) is 0 Å². The molecular formula is C15H21N3O2. The molecule has 0 amide bonds. The highest BCUT2D eigenvalue weighted by atomic mass is 16.5. The number of nitrogens with zero attached hydrogens (tertiary/aromatic N) is 2. The van der Waals surface area contributed by atoms with Crippen LogP contribution in [0.4, 0.5) is 5.95 Å². The number of hydrogen-bond acceptors (Lipinski definition) is 4. The van der Waals surface area contributed by atoms with Crippen LogP contribution in [0.15, 0.2) is 30.6 Å². The second-order valence-electron chi connectivity index (χ2n) is 4.41. The summed E-state index contributed by atoms with van der Waals surface area (Å²) in [6.07, 6.45) is 4.71. The Bertz CT molecular complexity index is 552. The van der Waals surface area contributed by atoms with Crippen LogP contribution < -0.4 is 14.8 Å². The van der Waals surface area contributed by atoms with E-state index in [2.05, 4.69) is 27.9 Å². The van der Waals surface area contributed by atoms with E-state index < -0.39 is 0 Å². The topological polar surface area (TPSA) is 48.3 Å². The van der Waals surface area contributed by atoms with Crippen LogP contribution >= 0.6 is 0 Å². The zero-order valence-electron chi connectivity index (χ0n) is 12.2. The van der Waals surface area contributed by atoms with Crippen molar-refractivity contribution in [2.75, 3.05) is 26.1 Å². The van der Waals surface area contributed by atoms with E-state index in [1.165, 1.54) is 5.56 Å². The van der Waals surface area contributed by atoms with E-state index in [1.54, 1.807) is 14.2 Å². The van der Waals surface area contributed by atoms with Gasteiger partial charge in [0.25, 0.3) is 0 Å². The fourth-order valence-corrected chi connectivity index (χ4v) is 2.10. The van der Waals surface area contributed by atoms with E-state index in [0.29, 0.717) is 0 Å². The average Bonchev–Trinajstić information content (AvgIpc) is 2.92. The molecule has 1 aromatic carbocycles. The Morgan fingerprint density at radius 2 is 2.00 bits per heavy atom. The summed E-state index contributed by atoms with van der Waals surface area (Å²) in [4.78, 5) is 4.29. The van der Waals surface area contributed by atoms with E-state index >= 15 is 0 Å². The van der Waals surface area contributed by atoms with Crippen LogP contribution in [0.3, 0.4) is 0 Å². The Labute approximate surface area is 119 Å². The quantitative estimate of drug-likeness (QED) is 0.843. The van der Waals surface area contributed by atoms with Crippen molar-refractivity contribution >= 4 is 5.95 Å². The summed E-state index contributed by atoms with van der Waals surface area (Å²) in [5, 5.41) is 3.24. The minimum atomic E-state index is 0.757. The second-order valence-corrected chi connectivity index (χ2v) is 4.41. The highest BCUT2D eigenvalue weighted by Crippen LogP contribution is 2.27. The smallest absolute Gasteiger partial charge is 0.202 e. The van der Waals surface area contributed by atoms with Gasteiger partial charge in [-0.2, -0.15) is 0 Å². The van der Waals surface area contributed by atoms with Crippen LogP contribution in [-0.2, 0) is 13.0 Å². The van der Waals surface area contributed by atoms with Crippen LogP contribution in [0, 0.1) is 0 Å². The number of ether oxygens (including phenoxy) is 2. The SMILES string of the molecule is CCNc1nccn1CCc1ccc(OC)c(OC)c1. The van der Waals surface area contributed by atoms with Gasteiger partial charge in [0, 0.05) is 25.5 Å². The van der Waals surface area contributed by atoms with Crippen molar-refractivity contribution < 1.29 is 9.47 Å².